The van der Waals surface area contributed by atoms with Crippen molar-refractivity contribution in [1.82, 2.24) is 19.8 Å². The molecule has 0 spiro atoms. The van der Waals surface area contributed by atoms with Crippen LogP contribution in [0.3, 0.4) is 0 Å². The van der Waals surface area contributed by atoms with Gasteiger partial charge < -0.3 is 10.2 Å². The number of carbonyl (C=O) groups excluding carboxylic acids is 1. The molecule has 2 heterocycles. The van der Waals surface area contributed by atoms with Crippen LogP contribution in [0.15, 0.2) is 54.7 Å². The number of alkyl halides is 3. The van der Waals surface area contributed by atoms with Crippen LogP contribution in [0, 0.1) is 0 Å². The van der Waals surface area contributed by atoms with Crippen molar-refractivity contribution in [3.8, 4) is 17.1 Å². The minimum atomic E-state index is -4.56. The molecule has 174 valence electrons. The second-order valence-electron chi connectivity index (χ2n) is 8.00. The third-order valence-corrected chi connectivity index (χ3v) is 5.90. The molecule has 5 nitrogen and oxygen atoms in total. The number of aromatic nitrogens is 2. The van der Waals surface area contributed by atoms with Crippen LogP contribution in [0.2, 0.25) is 5.02 Å². The molecule has 4 rings (SSSR count). The number of halogens is 4. The quantitative estimate of drug-likeness (QED) is 0.463. The van der Waals surface area contributed by atoms with E-state index >= 15 is 0 Å². The highest BCUT2D eigenvalue weighted by atomic mass is 35.5. The van der Waals surface area contributed by atoms with Crippen molar-refractivity contribution in [2.24, 2.45) is 0 Å². The van der Waals surface area contributed by atoms with Crippen LogP contribution >= 0.6 is 11.6 Å². The molecule has 0 bridgehead atoms. The van der Waals surface area contributed by atoms with E-state index in [1.54, 1.807) is 24.3 Å². The number of amides is 1. The minimum absolute atomic E-state index is 0.0347. The number of hydrogen-bond acceptors (Lipinski definition) is 3. The van der Waals surface area contributed by atoms with Crippen molar-refractivity contribution in [2.75, 3.05) is 26.2 Å². The number of hydrogen-bond donors (Lipinski definition) is 1. The summed E-state index contributed by atoms with van der Waals surface area (Å²) in [4.78, 5) is 19.4. The van der Waals surface area contributed by atoms with Gasteiger partial charge in [-0.2, -0.15) is 13.2 Å². The molecule has 1 N–H and O–H groups in total. The monoisotopic (exact) mass is 476 g/mol. The molecule has 1 aliphatic heterocycles. The average molecular weight is 477 g/mol. The minimum Gasteiger partial charge on any atom is -0.351 e. The van der Waals surface area contributed by atoms with Gasteiger partial charge in [-0.3, -0.25) is 9.36 Å². The summed E-state index contributed by atoms with van der Waals surface area (Å²) >= 11 is 5.97. The standard InChI is InChI=1S/C24H24ClF3N4O/c25-17-8-10-18(11-9-17)32-16-21(23(33)29-12-5-15-31-13-3-4-14-31)30-22(32)19-6-1-2-7-20(19)24(26,27)28/h1-2,6-11,16H,3-5,12-15H2,(H,29,33). The van der Waals surface area contributed by atoms with E-state index in [-0.39, 0.29) is 17.1 Å². The fourth-order valence-corrected chi connectivity index (χ4v) is 4.13. The van der Waals surface area contributed by atoms with Gasteiger partial charge in [0.15, 0.2) is 0 Å². The van der Waals surface area contributed by atoms with Crippen LogP contribution in [0.4, 0.5) is 13.2 Å². The largest absolute Gasteiger partial charge is 0.417 e. The highest BCUT2D eigenvalue weighted by molar-refractivity contribution is 6.30. The first-order valence-corrected chi connectivity index (χ1v) is 11.2. The van der Waals surface area contributed by atoms with Crippen LogP contribution in [0.5, 0.6) is 0 Å². The van der Waals surface area contributed by atoms with Crippen LogP contribution in [-0.2, 0) is 6.18 Å². The molecule has 0 atom stereocenters. The molecule has 9 heteroatoms. The zero-order valence-electron chi connectivity index (χ0n) is 17.9. The van der Waals surface area contributed by atoms with Gasteiger partial charge in [-0.1, -0.05) is 29.8 Å². The van der Waals surface area contributed by atoms with Crippen LogP contribution in [0.25, 0.3) is 17.1 Å². The molecule has 0 radical (unpaired) electrons. The highest BCUT2D eigenvalue weighted by Gasteiger charge is 2.35. The number of carbonyl (C=O) groups is 1. The molecule has 0 saturated carbocycles. The summed E-state index contributed by atoms with van der Waals surface area (Å²) in [6, 6.07) is 11.8. The third kappa shape index (κ3) is 5.57. The van der Waals surface area contributed by atoms with E-state index in [1.165, 1.54) is 41.8 Å². The lowest BCUT2D eigenvalue weighted by atomic mass is 10.1. The van der Waals surface area contributed by atoms with Gasteiger partial charge in [-0.05, 0) is 69.2 Å². The second-order valence-corrected chi connectivity index (χ2v) is 8.43. The lowest BCUT2D eigenvalue weighted by Gasteiger charge is -2.14. The Morgan fingerprint density at radius 1 is 1.06 bits per heavy atom. The summed E-state index contributed by atoms with van der Waals surface area (Å²) in [6.07, 6.45) is 0.105. The summed E-state index contributed by atoms with van der Waals surface area (Å²) in [5, 5.41) is 3.33. The average Bonchev–Trinajstić information content (AvgIpc) is 3.47. The maximum absolute atomic E-state index is 13.7. The van der Waals surface area contributed by atoms with Crippen LogP contribution < -0.4 is 5.32 Å². The molecule has 3 aromatic rings. The Balaban J connectivity index is 1.62. The van der Waals surface area contributed by atoms with E-state index in [2.05, 4.69) is 15.2 Å². The zero-order chi connectivity index (χ0) is 23.4. The first-order valence-electron chi connectivity index (χ1n) is 10.9. The topological polar surface area (TPSA) is 50.2 Å². The van der Waals surface area contributed by atoms with Crippen molar-refractivity contribution in [2.45, 2.75) is 25.4 Å². The molecular formula is C24H24ClF3N4O. The van der Waals surface area contributed by atoms with Gasteiger partial charge in [-0.25, -0.2) is 4.98 Å². The predicted octanol–water partition coefficient (Wildman–Crippen LogP) is 5.43. The molecule has 1 aromatic heterocycles. The van der Waals surface area contributed by atoms with Crippen molar-refractivity contribution in [3.05, 3.63) is 71.0 Å². The molecule has 1 saturated heterocycles. The zero-order valence-corrected chi connectivity index (χ0v) is 18.7. The van der Waals surface area contributed by atoms with Gasteiger partial charge in [0, 0.05) is 29.0 Å². The summed E-state index contributed by atoms with van der Waals surface area (Å²) in [7, 11) is 0. The molecule has 2 aromatic carbocycles. The number of rotatable bonds is 7. The van der Waals surface area contributed by atoms with E-state index in [9.17, 15) is 18.0 Å². The molecular weight excluding hydrogens is 453 g/mol. The fraction of sp³-hybridized carbons (Fsp3) is 0.333. The van der Waals surface area contributed by atoms with E-state index in [0.29, 0.717) is 17.3 Å². The van der Waals surface area contributed by atoms with E-state index in [0.717, 1.165) is 32.1 Å². The smallest absolute Gasteiger partial charge is 0.351 e. The SMILES string of the molecule is O=C(NCCCN1CCCC1)c1cn(-c2ccc(Cl)cc2)c(-c2ccccc2C(F)(F)F)n1. The first-order chi connectivity index (χ1) is 15.8. The molecule has 1 aliphatic rings. The molecule has 1 amide bonds. The van der Waals surface area contributed by atoms with Gasteiger partial charge >= 0.3 is 6.18 Å². The van der Waals surface area contributed by atoms with E-state index < -0.39 is 17.6 Å². The van der Waals surface area contributed by atoms with Gasteiger partial charge in [0.05, 0.1) is 5.56 Å². The normalized spacial score (nSPS) is 14.5. The van der Waals surface area contributed by atoms with Gasteiger partial charge in [0.25, 0.3) is 5.91 Å². The molecule has 0 aliphatic carbocycles. The first kappa shape index (κ1) is 23.3. The maximum atomic E-state index is 13.7. The molecule has 1 fully saturated rings. The Morgan fingerprint density at radius 2 is 1.76 bits per heavy atom. The number of imidazole rings is 1. The van der Waals surface area contributed by atoms with Crippen LogP contribution in [0.1, 0.15) is 35.3 Å². The fourth-order valence-electron chi connectivity index (χ4n) is 4.00. The Morgan fingerprint density at radius 3 is 2.45 bits per heavy atom. The Bertz CT molecular complexity index is 1110. The van der Waals surface area contributed by atoms with Gasteiger partial charge in [-0.15, -0.1) is 0 Å². The van der Waals surface area contributed by atoms with Crippen molar-refractivity contribution >= 4 is 17.5 Å². The number of nitrogens with one attached hydrogen (secondary N) is 1. The lowest BCUT2D eigenvalue weighted by molar-refractivity contribution is -0.137. The Hall–Kier alpha value is -2.84. The molecule has 0 unspecified atom stereocenters. The third-order valence-electron chi connectivity index (χ3n) is 5.65. The van der Waals surface area contributed by atoms with Crippen molar-refractivity contribution < 1.29 is 18.0 Å². The Kier molecular flexibility index (Phi) is 7.05. The van der Waals surface area contributed by atoms with Gasteiger partial charge in [0.2, 0.25) is 0 Å². The van der Waals surface area contributed by atoms with Crippen LogP contribution in [-0.4, -0.2) is 46.5 Å². The molecule has 33 heavy (non-hydrogen) atoms. The van der Waals surface area contributed by atoms with Crippen molar-refractivity contribution in [1.29, 1.82) is 0 Å². The van der Waals surface area contributed by atoms with E-state index in [4.69, 9.17) is 11.6 Å². The summed E-state index contributed by atoms with van der Waals surface area (Å²) < 4.78 is 42.5. The number of likely N-dealkylation sites (tertiary alicyclic amines) is 1. The highest BCUT2D eigenvalue weighted by Crippen LogP contribution is 2.37. The maximum Gasteiger partial charge on any atom is 0.417 e. The summed E-state index contributed by atoms with van der Waals surface area (Å²) in [6.45, 7) is 3.55. The predicted molar refractivity (Wildman–Crippen MR) is 122 cm³/mol. The Labute approximate surface area is 195 Å². The number of benzene rings is 2. The van der Waals surface area contributed by atoms with Crippen molar-refractivity contribution in [3.63, 3.8) is 0 Å². The number of nitrogens with zero attached hydrogens (tertiary/aromatic N) is 3. The van der Waals surface area contributed by atoms with Gasteiger partial charge in [0.1, 0.15) is 11.5 Å². The summed E-state index contributed by atoms with van der Waals surface area (Å²) in [5.41, 5.74) is -0.318. The lowest BCUT2D eigenvalue weighted by Crippen LogP contribution is -2.28. The van der Waals surface area contributed by atoms with E-state index in [1.807, 2.05) is 0 Å². The summed E-state index contributed by atoms with van der Waals surface area (Å²) in [5.74, 6) is -0.387. The second kappa shape index (κ2) is 9.97.